The van der Waals surface area contributed by atoms with Crippen LogP contribution in [-0.2, 0) is 25.6 Å². The van der Waals surface area contributed by atoms with Gasteiger partial charge in [-0.2, -0.15) is 19.2 Å². The van der Waals surface area contributed by atoms with Gasteiger partial charge in [-0.15, -0.1) is 0 Å². The first kappa shape index (κ1) is 19.7. The van der Waals surface area contributed by atoms with Crippen LogP contribution >= 0.6 is 0 Å². The van der Waals surface area contributed by atoms with Crippen LogP contribution in [0, 0.1) is 6.92 Å². The predicted molar refractivity (Wildman–Crippen MR) is 77.4 cm³/mol. The standard InChI is InChI=1S/C15H14O2.2CO2/c1-11-7-13(10-14(8-11)15(16)17)9-12-5-3-2-4-6-12;2*2-1-3/h2-8,10H,9H2,1H3,(H,16,17);;. The van der Waals surface area contributed by atoms with Crippen LogP contribution in [0.1, 0.15) is 27.0 Å². The number of benzene rings is 2. The number of carbonyl (C=O) groups is 1. The SMILES string of the molecule is Cc1cc(Cc2ccccc2)cc(C(=O)O)c1.O=C=O.O=C=O. The molecule has 2 aromatic rings. The summed E-state index contributed by atoms with van der Waals surface area (Å²) in [6.07, 6.45) is 1.27. The summed E-state index contributed by atoms with van der Waals surface area (Å²) < 4.78 is 0. The van der Waals surface area contributed by atoms with Crippen molar-refractivity contribution in [3.8, 4) is 0 Å². The van der Waals surface area contributed by atoms with E-state index in [4.69, 9.17) is 24.3 Å². The van der Waals surface area contributed by atoms with Crippen molar-refractivity contribution in [2.75, 3.05) is 0 Å². The summed E-state index contributed by atoms with van der Waals surface area (Å²) in [6.45, 7) is 1.92. The van der Waals surface area contributed by atoms with Gasteiger partial charge in [-0.25, -0.2) is 4.79 Å². The van der Waals surface area contributed by atoms with Gasteiger partial charge < -0.3 is 5.11 Å². The average molecular weight is 314 g/mol. The molecule has 23 heavy (non-hydrogen) atoms. The number of hydrogen-bond donors (Lipinski definition) is 1. The lowest BCUT2D eigenvalue weighted by Crippen LogP contribution is -1.99. The Labute approximate surface area is 132 Å². The van der Waals surface area contributed by atoms with Crippen molar-refractivity contribution in [1.82, 2.24) is 0 Å². The minimum atomic E-state index is -0.872. The van der Waals surface area contributed by atoms with Gasteiger partial charge in [0, 0.05) is 0 Å². The Bertz CT molecular complexity index is 682. The van der Waals surface area contributed by atoms with Crippen LogP contribution in [-0.4, -0.2) is 23.4 Å². The van der Waals surface area contributed by atoms with Crippen LogP contribution in [0.4, 0.5) is 0 Å². The Hall–Kier alpha value is -3.33. The number of hydrogen-bond acceptors (Lipinski definition) is 5. The third kappa shape index (κ3) is 8.52. The molecule has 2 aromatic carbocycles. The number of aryl methyl sites for hydroxylation is 1. The van der Waals surface area contributed by atoms with Gasteiger partial charge in [0.1, 0.15) is 0 Å². The second-order valence-electron chi connectivity index (χ2n) is 4.34. The van der Waals surface area contributed by atoms with E-state index < -0.39 is 5.97 Å². The molecular formula is C17H14O6. The maximum atomic E-state index is 11.0. The third-order valence-electron chi connectivity index (χ3n) is 2.64. The van der Waals surface area contributed by atoms with Crippen LogP contribution in [0.25, 0.3) is 0 Å². The molecule has 2 rings (SSSR count). The van der Waals surface area contributed by atoms with Crippen LogP contribution in [0.3, 0.4) is 0 Å². The van der Waals surface area contributed by atoms with E-state index in [1.165, 1.54) is 5.56 Å². The molecule has 6 nitrogen and oxygen atoms in total. The van der Waals surface area contributed by atoms with E-state index in [-0.39, 0.29) is 12.3 Å². The smallest absolute Gasteiger partial charge is 0.373 e. The van der Waals surface area contributed by atoms with Gasteiger partial charge in [0.2, 0.25) is 0 Å². The van der Waals surface area contributed by atoms with Crippen LogP contribution < -0.4 is 0 Å². The first-order valence-electron chi connectivity index (χ1n) is 6.34. The van der Waals surface area contributed by atoms with Gasteiger partial charge in [0.25, 0.3) is 0 Å². The van der Waals surface area contributed by atoms with E-state index >= 15 is 0 Å². The summed E-state index contributed by atoms with van der Waals surface area (Å²) >= 11 is 0. The molecule has 6 heteroatoms. The normalized spacial score (nSPS) is 8.22. The molecule has 0 aliphatic rings. The van der Waals surface area contributed by atoms with Crippen LogP contribution in [0.5, 0.6) is 0 Å². The van der Waals surface area contributed by atoms with Crippen molar-refractivity contribution in [3.63, 3.8) is 0 Å². The lowest BCUT2D eigenvalue weighted by molar-refractivity contribution is -0.193. The topological polar surface area (TPSA) is 106 Å². The molecule has 0 saturated heterocycles. The van der Waals surface area contributed by atoms with E-state index in [0.29, 0.717) is 5.56 Å². The number of carboxylic acids is 1. The first-order valence-corrected chi connectivity index (χ1v) is 6.34. The Kier molecular flexibility index (Phi) is 9.70. The maximum Gasteiger partial charge on any atom is 0.373 e. The van der Waals surface area contributed by atoms with Crippen molar-refractivity contribution in [3.05, 3.63) is 70.8 Å². The minimum absolute atomic E-state index is 0.250. The zero-order valence-electron chi connectivity index (χ0n) is 12.3. The molecule has 0 bridgehead atoms. The molecule has 0 heterocycles. The molecule has 118 valence electrons. The number of carbonyl (C=O) groups excluding carboxylic acids is 4. The summed E-state index contributed by atoms with van der Waals surface area (Å²) in [5, 5.41) is 9.00. The number of rotatable bonds is 3. The van der Waals surface area contributed by atoms with Gasteiger partial charge in [-0.3, -0.25) is 0 Å². The second-order valence-corrected chi connectivity index (χ2v) is 4.34. The van der Waals surface area contributed by atoms with E-state index in [0.717, 1.165) is 17.5 Å². The second kappa shape index (κ2) is 11.3. The van der Waals surface area contributed by atoms with Gasteiger partial charge in [-0.05, 0) is 42.2 Å². The largest absolute Gasteiger partial charge is 0.478 e. The molecule has 0 atom stereocenters. The maximum absolute atomic E-state index is 11.0. The fraction of sp³-hybridized carbons (Fsp3) is 0.118. The predicted octanol–water partition coefficient (Wildman–Crippen LogP) is 2.12. The molecule has 0 fully saturated rings. The van der Waals surface area contributed by atoms with Crippen molar-refractivity contribution in [1.29, 1.82) is 0 Å². The highest BCUT2D eigenvalue weighted by Crippen LogP contribution is 2.14. The van der Waals surface area contributed by atoms with E-state index in [9.17, 15) is 4.79 Å². The van der Waals surface area contributed by atoms with Gasteiger partial charge >= 0.3 is 18.3 Å². The molecular weight excluding hydrogens is 300 g/mol. The van der Waals surface area contributed by atoms with E-state index in [2.05, 4.69) is 0 Å². The highest BCUT2D eigenvalue weighted by atomic mass is 16.4. The third-order valence-corrected chi connectivity index (χ3v) is 2.64. The molecule has 0 spiro atoms. The Balaban J connectivity index is 0.000000704. The summed E-state index contributed by atoms with van der Waals surface area (Å²) in [6, 6.07) is 15.5. The Morgan fingerprint density at radius 1 is 0.913 bits per heavy atom. The van der Waals surface area contributed by atoms with Gasteiger partial charge in [-0.1, -0.05) is 36.4 Å². The molecule has 0 aliphatic heterocycles. The molecule has 0 aromatic heterocycles. The summed E-state index contributed by atoms with van der Waals surface area (Å²) in [5.41, 5.74) is 3.56. The molecule has 0 unspecified atom stereocenters. The monoisotopic (exact) mass is 314 g/mol. The van der Waals surface area contributed by atoms with Crippen molar-refractivity contribution in [2.24, 2.45) is 0 Å². The highest BCUT2D eigenvalue weighted by Gasteiger charge is 2.05. The fourth-order valence-electron chi connectivity index (χ4n) is 1.92. The van der Waals surface area contributed by atoms with Gasteiger partial charge in [0.05, 0.1) is 5.56 Å². The summed E-state index contributed by atoms with van der Waals surface area (Å²) in [4.78, 5) is 43.5. The highest BCUT2D eigenvalue weighted by molar-refractivity contribution is 5.88. The van der Waals surface area contributed by atoms with E-state index in [1.54, 1.807) is 12.1 Å². The lowest BCUT2D eigenvalue weighted by atomic mass is 10.0. The number of aromatic carboxylic acids is 1. The van der Waals surface area contributed by atoms with Crippen molar-refractivity contribution >= 4 is 18.3 Å². The zero-order valence-corrected chi connectivity index (χ0v) is 12.3. The average Bonchev–Trinajstić information content (AvgIpc) is 2.49. The quantitative estimate of drug-likeness (QED) is 0.930. The fourth-order valence-corrected chi connectivity index (χ4v) is 1.92. The lowest BCUT2D eigenvalue weighted by Gasteiger charge is -2.05. The Morgan fingerprint density at radius 3 is 1.91 bits per heavy atom. The molecule has 0 radical (unpaired) electrons. The Morgan fingerprint density at radius 2 is 1.43 bits per heavy atom. The van der Waals surface area contributed by atoms with Crippen LogP contribution in [0.15, 0.2) is 48.5 Å². The minimum Gasteiger partial charge on any atom is -0.478 e. The summed E-state index contributed by atoms with van der Waals surface area (Å²) in [7, 11) is 0. The zero-order chi connectivity index (χ0) is 17.7. The summed E-state index contributed by atoms with van der Waals surface area (Å²) in [5.74, 6) is -0.872. The van der Waals surface area contributed by atoms with Crippen molar-refractivity contribution in [2.45, 2.75) is 13.3 Å². The number of carboxylic acid groups (broad SMARTS) is 1. The first-order chi connectivity index (χ1) is 11.0. The molecule has 0 aliphatic carbocycles. The van der Waals surface area contributed by atoms with Crippen LogP contribution in [0.2, 0.25) is 0 Å². The van der Waals surface area contributed by atoms with E-state index in [1.807, 2.05) is 43.3 Å². The molecule has 1 N–H and O–H groups in total. The molecule has 0 amide bonds. The molecule has 0 saturated carbocycles. The van der Waals surface area contributed by atoms with Gasteiger partial charge in [0.15, 0.2) is 0 Å². The van der Waals surface area contributed by atoms with Crippen molar-refractivity contribution < 1.29 is 29.1 Å².